The van der Waals surface area contributed by atoms with Gasteiger partial charge in [0.25, 0.3) is 0 Å². The standard InChI is InChI=1S/C13H26N2O/c1-4-12-9-15(7-8-16-3)13(2,10-14-12)11-5-6-11/h11-12,14H,4-10H2,1-3H3. The lowest BCUT2D eigenvalue weighted by Crippen LogP contribution is -2.64. The van der Waals surface area contributed by atoms with Gasteiger partial charge in [0.2, 0.25) is 0 Å². The first-order chi connectivity index (χ1) is 7.70. The van der Waals surface area contributed by atoms with Crippen LogP contribution in [0.2, 0.25) is 0 Å². The number of nitrogens with zero attached hydrogens (tertiary/aromatic N) is 1. The molecule has 0 spiro atoms. The zero-order valence-corrected chi connectivity index (χ0v) is 11.0. The second kappa shape index (κ2) is 5.03. The first-order valence-corrected chi connectivity index (χ1v) is 6.68. The molecule has 3 nitrogen and oxygen atoms in total. The van der Waals surface area contributed by atoms with Gasteiger partial charge in [0.05, 0.1) is 6.61 Å². The molecule has 2 unspecified atom stereocenters. The van der Waals surface area contributed by atoms with Crippen LogP contribution in [0, 0.1) is 5.92 Å². The molecule has 0 aromatic heterocycles. The first-order valence-electron chi connectivity index (χ1n) is 6.68. The van der Waals surface area contributed by atoms with E-state index >= 15 is 0 Å². The maximum absolute atomic E-state index is 5.24. The molecule has 2 rings (SSSR count). The molecule has 0 aromatic carbocycles. The van der Waals surface area contributed by atoms with E-state index in [0.29, 0.717) is 11.6 Å². The Bertz CT molecular complexity index is 230. The molecule has 2 atom stereocenters. The van der Waals surface area contributed by atoms with E-state index in [1.807, 2.05) is 0 Å². The predicted molar refractivity (Wildman–Crippen MR) is 66.7 cm³/mol. The Hall–Kier alpha value is -0.120. The molecule has 0 aromatic rings. The molecular weight excluding hydrogens is 200 g/mol. The highest BCUT2D eigenvalue weighted by Gasteiger charge is 2.47. The third kappa shape index (κ3) is 2.41. The smallest absolute Gasteiger partial charge is 0.0589 e. The Morgan fingerprint density at radius 2 is 2.19 bits per heavy atom. The summed E-state index contributed by atoms with van der Waals surface area (Å²) in [6.45, 7) is 8.98. The Morgan fingerprint density at radius 3 is 2.75 bits per heavy atom. The van der Waals surface area contributed by atoms with Crippen molar-refractivity contribution in [2.24, 2.45) is 5.92 Å². The average Bonchev–Trinajstić information content (AvgIpc) is 3.12. The van der Waals surface area contributed by atoms with Crippen molar-refractivity contribution in [3.8, 4) is 0 Å². The molecule has 1 aliphatic heterocycles. The highest BCUT2D eigenvalue weighted by Crippen LogP contribution is 2.43. The van der Waals surface area contributed by atoms with Crippen LogP contribution in [-0.4, -0.2) is 49.8 Å². The SMILES string of the molecule is CCC1CN(CCOC)C(C)(C2CC2)CN1. The molecule has 94 valence electrons. The second-order valence-corrected chi connectivity index (χ2v) is 5.56. The lowest BCUT2D eigenvalue weighted by molar-refractivity contribution is 0.0145. The van der Waals surface area contributed by atoms with Crippen LogP contribution in [-0.2, 0) is 4.74 Å². The summed E-state index contributed by atoms with van der Waals surface area (Å²) >= 11 is 0. The number of piperazine rings is 1. The summed E-state index contributed by atoms with van der Waals surface area (Å²) in [5.41, 5.74) is 0.379. The number of methoxy groups -OCH3 is 1. The fraction of sp³-hybridized carbons (Fsp3) is 1.00. The summed E-state index contributed by atoms with van der Waals surface area (Å²) < 4.78 is 5.24. The third-order valence-corrected chi connectivity index (χ3v) is 4.43. The molecule has 0 bridgehead atoms. The molecule has 0 radical (unpaired) electrons. The molecule has 0 amide bonds. The lowest BCUT2D eigenvalue weighted by atomic mass is 9.89. The van der Waals surface area contributed by atoms with Crippen molar-refractivity contribution in [1.82, 2.24) is 10.2 Å². The molecule has 1 saturated carbocycles. The van der Waals surface area contributed by atoms with Gasteiger partial charge in [-0.3, -0.25) is 4.90 Å². The van der Waals surface area contributed by atoms with Crippen molar-refractivity contribution in [3.63, 3.8) is 0 Å². The van der Waals surface area contributed by atoms with Gasteiger partial charge in [-0.05, 0) is 32.1 Å². The van der Waals surface area contributed by atoms with Crippen LogP contribution in [0.15, 0.2) is 0 Å². The third-order valence-electron chi connectivity index (χ3n) is 4.43. The largest absolute Gasteiger partial charge is 0.383 e. The van der Waals surface area contributed by atoms with Crippen molar-refractivity contribution in [1.29, 1.82) is 0 Å². The van der Waals surface area contributed by atoms with E-state index < -0.39 is 0 Å². The van der Waals surface area contributed by atoms with Crippen LogP contribution in [0.4, 0.5) is 0 Å². The normalized spacial score (nSPS) is 36.6. The Labute approximate surface area is 99.5 Å². The van der Waals surface area contributed by atoms with Gasteiger partial charge in [-0.1, -0.05) is 6.92 Å². The quantitative estimate of drug-likeness (QED) is 0.768. The van der Waals surface area contributed by atoms with Gasteiger partial charge in [0.1, 0.15) is 0 Å². The minimum atomic E-state index is 0.379. The van der Waals surface area contributed by atoms with Crippen molar-refractivity contribution in [3.05, 3.63) is 0 Å². The van der Waals surface area contributed by atoms with Crippen LogP contribution in [0.5, 0.6) is 0 Å². The van der Waals surface area contributed by atoms with E-state index in [1.54, 1.807) is 7.11 Å². The van der Waals surface area contributed by atoms with E-state index in [-0.39, 0.29) is 0 Å². The summed E-state index contributed by atoms with van der Waals surface area (Å²) in [5.74, 6) is 0.912. The topological polar surface area (TPSA) is 24.5 Å². The van der Waals surface area contributed by atoms with E-state index in [4.69, 9.17) is 4.74 Å². The molecule has 16 heavy (non-hydrogen) atoms. The number of hydrogen-bond donors (Lipinski definition) is 1. The monoisotopic (exact) mass is 226 g/mol. The van der Waals surface area contributed by atoms with Gasteiger partial charge in [-0.15, -0.1) is 0 Å². The van der Waals surface area contributed by atoms with E-state index in [0.717, 1.165) is 25.6 Å². The lowest BCUT2D eigenvalue weighted by Gasteiger charge is -2.48. The molecule has 3 heteroatoms. The number of hydrogen-bond acceptors (Lipinski definition) is 3. The van der Waals surface area contributed by atoms with Gasteiger partial charge >= 0.3 is 0 Å². The second-order valence-electron chi connectivity index (χ2n) is 5.56. The highest BCUT2D eigenvalue weighted by molar-refractivity contribution is 5.04. The van der Waals surface area contributed by atoms with E-state index in [2.05, 4.69) is 24.1 Å². The number of nitrogens with one attached hydrogen (secondary N) is 1. The van der Waals surface area contributed by atoms with Gasteiger partial charge in [-0.25, -0.2) is 0 Å². The zero-order valence-electron chi connectivity index (χ0n) is 11.0. The molecule has 1 saturated heterocycles. The first kappa shape index (κ1) is 12.3. The van der Waals surface area contributed by atoms with Gasteiger partial charge < -0.3 is 10.1 Å². The summed E-state index contributed by atoms with van der Waals surface area (Å²) in [7, 11) is 1.80. The zero-order chi connectivity index (χ0) is 11.6. The Morgan fingerprint density at radius 1 is 1.44 bits per heavy atom. The predicted octanol–water partition coefficient (Wildman–Crippen LogP) is 1.49. The van der Waals surface area contributed by atoms with E-state index in [9.17, 15) is 0 Å². The van der Waals surface area contributed by atoms with Gasteiger partial charge in [0.15, 0.2) is 0 Å². The summed E-state index contributed by atoms with van der Waals surface area (Å²) in [6, 6.07) is 0.670. The fourth-order valence-corrected chi connectivity index (χ4v) is 2.93. The maximum atomic E-state index is 5.24. The maximum Gasteiger partial charge on any atom is 0.0589 e. The van der Waals surface area contributed by atoms with Gasteiger partial charge in [-0.2, -0.15) is 0 Å². The summed E-state index contributed by atoms with van der Waals surface area (Å²) in [5, 5.41) is 3.70. The molecule has 2 aliphatic rings. The van der Waals surface area contributed by atoms with Crippen molar-refractivity contribution in [2.75, 3.05) is 33.4 Å². The van der Waals surface area contributed by atoms with Crippen LogP contribution in [0.3, 0.4) is 0 Å². The molecule has 1 aliphatic carbocycles. The van der Waals surface area contributed by atoms with Crippen molar-refractivity contribution in [2.45, 2.75) is 44.7 Å². The van der Waals surface area contributed by atoms with Crippen LogP contribution in [0.25, 0.3) is 0 Å². The fourth-order valence-electron chi connectivity index (χ4n) is 2.93. The van der Waals surface area contributed by atoms with Crippen molar-refractivity contribution < 1.29 is 4.74 Å². The van der Waals surface area contributed by atoms with Gasteiger partial charge in [0, 0.05) is 38.3 Å². The summed E-state index contributed by atoms with van der Waals surface area (Å²) in [6.07, 6.45) is 4.06. The minimum absolute atomic E-state index is 0.379. The van der Waals surface area contributed by atoms with Crippen LogP contribution >= 0.6 is 0 Å². The molecule has 1 heterocycles. The minimum Gasteiger partial charge on any atom is -0.383 e. The Balaban J connectivity index is 1.98. The highest BCUT2D eigenvalue weighted by atomic mass is 16.5. The average molecular weight is 226 g/mol. The molecule has 1 N–H and O–H groups in total. The van der Waals surface area contributed by atoms with E-state index in [1.165, 1.54) is 25.8 Å². The number of ether oxygens (including phenoxy) is 1. The molecular formula is C13H26N2O. The Kier molecular flexibility index (Phi) is 3.88. The van der Waals surface area contributed by atoms with Crippen LogP contribution < -0.4 is 5.32 Å². The van der Waals surface area contributed by atoms with Crippen LogP contribution in [0.1, 0.15) is 33.1 Å². The van der Waals surface area contributed by atoms with Crippen molar-refractivity contribution >= 4 is 0 Å². The molecule has 2 fully saturated rings. The number of rotatable bonds is 5. The summed E-state index contributed by atoms with van der Waals surface area (Å²) in [4.78, 5) is 2.67.